The molecule has 35 heavy (non-hydrogen) atoms. The number of hydrogen-bond acceptors (Lipinski definition) is 8. The third-order valence-electron chi connectivity index (χ3n) is 4.37. The summed E-state index contributed by atoms with van der Waals surface area (Å²) in [5.74, 6) is -4.60. The summed E-state index contributed by atoms with van der Waals surface area (Å²) in [7, 11) is 0. The Balaban J connectivity index is 1.59. The number of aromatic nitrogens is 2. The van der Waals surface area contributed by atoms with Crippen LogP contribution in [0.3, 0.4) is 0 Å². The number of carbonyl (C=O) groups is 3. The van der Waals surface area contributed by atoms with Gasteiger partial charge in [-0.1, -0.05) is 11.8 Å². The van der Waals surface area contributed by atoms with E-state index in [1.54, 1.807) is 6.92 Å². The first-order valence-electron chi connectivity index (χ1n) is 10.0. The van der Waals surface area contributed by atoms with Gasteiger partial charge in [-0.25, -0.2) is 18.6 Å². The molecule has 0 saturated carbocycles. The fourth-order valence-corrected chi connectivity index (χ4v) is 3.38. The molecule has 0 bridgehead atoms. The van der Waals surface area contributed by atoms with E-state index >= 15 is 0 Å². The van der Waals surface area contributed by atoms with E-state index in [4.69, 9.17) is 10.5 Å². The number of anilines is 3. The number of amides is 2. The second-order valence-corrected chi connectivity index (χ2v) is 7.81. The van der Waals surface area contributed by atoms with Crippen molar-refractivity contribution in [1.29, 1.82) is 0 Å². The third kappa shape index (κ3) is 6.63. The first-order chi connectivity index (χ1) is 16.7. The molecule has 182 valence electrons. The summed E-state index contributed by atoms with van der Waals surface area (Å²) in [5, 5.41) is 4.85. The van der Waals surface area contributed by atoms with Gasteiger partial charge in [0.1, 0.15) is 5.69 Å². The van der Waals surface area contributed by atoms with E-state index in [1.165, 1.54) is 24.3 Å². The van der Waals surface area contributed by atoms with E-state index in [0.717, 1.165) is 23.9 Å². The van der Waals surface area contributed by atoms with Gasteiger partial charge in [0.25, 0.3) is 11.5 Å². The Hall–Kier alpha value is -4.26. The highest BCUT2D eigenvalue weighted by atomic mass is 32.2. The van der Waals surface area contributed by atoms with Crippen LogP contribution < -0.4 is 21.9 Å². The zero-order valence-electron chi connectivity index (χ0n) is 18.2. The third-order valence-corrected chi connectivity index (χ3v) is 5.24. The standard InChI is InChI=1S/C22H19F2N5O5S/c1-2-34-21(33)11-3-6-13(7-4-11)26-16(30)10-35-22-28-18(25)17(20(32)29-22)27-19(31)12-5-8-14(23)15(24)9-12/h3-9H,2,10H2,1H3,(H,26,30)(H,27,31)(H3,25,28,29,32). The normalized spacial score (nSPS) is 10.5. The van der Waals surface area contributed by atoms with Gasteiger partial charge in [0.2, 0.25) is 5.91 Å². The van der Waals surface area contributed by atoms with Gasteiger partial charge in [0, 0.05) is 11.3 Å². The molecule has 0 saturated heterocycles. The molecule has 0 spiro atoms. The molecular weight excluding hydrogens is 484 g/mol. The van der Waals surface area contributed by atoms with Crippen molar-refractivity contribution >= 4 is 46.7 Å². The van der Waals surface area contributed by atoms with Gasteiger partial charge >= 0.3 is 5.97 Å². The first-order valence-corrected chi connectivity index (χ1v) is 11.0. The fraction of sp³-hybridized carbons (Fsp3) is 0.136. The second-order valence-electron chi connectivity index (χ2n) is 6.85. The van der Waals surface area contributed by atoms with Crippen molar-refractivity contribution in [2.45, 2.75) is 12.1 Å². The van der Waals surface area contributed by atoms with E-state index in [-0.39, 0.29) is 34.6 Å². The molecule has 0 unspecified atom stereocenters. The summed E-state index contributed by atoms with van der Waals surface area (Å²) >= 11 is 0.881. The molecule has 0 atom stereocenters. The number of aromatic amines is 1. The zero-order valence-corrected chi connectivity index (χ0v) is 19.0. The van der Waals surface area contributed by atoms with Crippen molar-refractivity contribution < 1.29 is 27.9 Å². The molecule has 0 fully saturated rings. The van der Waals surface area contributed by atoms with Gasteiger partial charge in [-0.2, -0.15) is 0 Å². The average Bonchev–Trinajstić information content (AvgIpc) is 2.82. The Kier molecular flexibility index (Phi) is 8.15. The molecule has 0 aliphatic carbocycles. The van der Waals surface area contributed by atoms with E-state index < -0.39 is 35.0 Å². The predicted molar refractivity (Wildman–Crippen MR) is 125 cm³/mol. The highest BCUT2D eigenvalue weighted by Gasteiger charge is 2.16. The van der Waals surface area contributed by atoms with E-state index in [0.29, 0.717) is 17.3 Å². The van der Waals surface area contributed by atoms with Crippen LogP contribution in [0, 0.1) is 11.6 Å². The first kappa shape index (κ1) is 25.4. The largest absolute Gasteiger partial charge is 0.462 e. The number of carbonyl (C=O) groups excluding carboxylic acids is 3. The second kappa shape index (κ2) is 11.2. The smallest absolute Gasteiger partial charge is 0.338 e. The maximum absolute atomic E-state index is 13.3. The van der Waals surface area contributed by atoms with Crippen molar-refractivity contribution in [3.05, 3.63) is 75.6 Å². The predicted octanol–water partition coefficient (Wildman–Crippen LogP) is 2.79. The highest BCUT2D eigenvalue weighted by Crippen LogP contribution is 2.19. The van der Waals surface area contributed by atoms with Gasteiger partial charge < -0.3 is 21.1 Å². The zero-order chi connectivity index (χ0) is 25.5. The minimum atomic E-state index is -1.22. The molecule has 2 aromatic carbocycles. The fourth-order valence-electron chi connectivity index (χ4n) is 2.72. The number of ether oxygens (including phenoxy) is 1. The van der Waals surface area contributed by atoms with Crippen LogP contribution in [0.5, 0.6) is 0 Å². The van der Waals surface area contributed by atoms with Crippen molar-refractivity contribution in [2.24, 2.45) is 0 Å². The highest BCUT2D eigenvalue weighted by molar-refractivity contribution is 7.99. The Morgan fingerprint density at radius 1 is 1.06 bits per heavy atom. The number of halogens is 2. The van der Waals surface area contributed by atoms with E-state index in [2.05, 4.69) is 20.6 Å². The van der Waals surface area contributed by atoms with Gasteiger partial charge in [-0.15, -0.1) is 0 Å². The molecular formula is C22H19F2N5O5S. The van der Waals surface area contributed by atoms with Gasteiger partial charge in [-0.05, 0) is 49.4 Å². The summed E-state index contributed by atoms with van der Waals surface area (Å²) in [6, 6.07) is 8.58. The summed E-state index contributed by atoms with van der Waals surface area (Å²) in [6.07, 6.45) is 0. The minimum Gasteiger partial charge on any atom is -0.462 e. The van der Waals surface area contributed by atoms with Crippen LogP contribution in [-0.2, 0) is 9.53 Å². The van der Waals surface area contributed by atoms with Crippen LogP contribution in [0.25, 0.3) is 0 Å². The monoisotopic (exact) mass is 503 g/mol. The molecule has 5 N–H and O–H groups in total. The molecule has 1 heterocycles. The Morgan fingerprint density at radius 2 is 1.74 bits per heavy atom. The Bertz CT molecular complexity index is 1330. The van der Waals surface area contributed by atoms with Gasteiger partial charge in [0.05, 0.1) is 17.9 Å². The molecule has 1 aromatic heterocycles. The summed E-state index contributed by atoms with van der Waals surface area (Å²) in [5.41, 5.74) is 5.14. The molecule has 0 radical (unpaired) electrons. The van der Waals surface area contributed by atoms with E-state index in [1.807, 2.05) is 0 Å². The molecule has 10 nitrogen and oxygen atoms in total. The number of thioether (sulfide) groups is 1. The lowest BCUT2D eigenvalue weighted by atomic mass is 10.2. The Morgan fingerprint density at radius 3 is 2.37 bits per heavy atom. The van der Waals surface area contributed by atoms with Crippen molar-refractivity contribution in [2.75, 3.05) is 28.7 Å². The number of rotatable bonds is 8. The number of benzene rings is 2. The lowest BCUT2D eigenvalue weighted by molar-refractivity contribution is -0.113. The van der Waals surface area contributed by atoms with Gasteiger partial charge in [-0.3, -0.25) is 19.4 Å². The molecule has 0 aliphatic rings. The number of esters is 1. The van der Waals surface area contributed by atoms with Gasteiger partial charge in [0.15, 0.2) is 22.6 Å². The van der Waals surface area contributed by atoms with Crippen LogP contribution in [-0.4, -0.2) is 40.1 Å². The minimum absolute atomic E-state index is 0.0196. The van der Waals surface area contributed by atoms with Crippen molar-refractivity contribution in [3.8, 4) is 0 Å². The van der Waals surface area contributed by atoms with Crippen LogP contribution in [0.2, 0.25) is 0 Å². The molecule has 3 rings (SSSR count). The van der Waals surface area contributed by atoms with E-state index in [9.17, 15) is 28.0 Å². The van der Waals surface area contributed by atoms with Crippen LogP contribution in [0.15, 0.2) is 52.4 Å². The Labute approximate surface area is 201 Å². The van der Waals surface area contributed by atoms with Crippen LogP contribution in [0.1, 0.15) is 27.6 Å². The van der Waals surface area contributed by atoms with Crippen molar-refractivity contribution in [1.82, 2.24) is 9.97 Å². The quantitative estimate of drug-likeness (QED) is 0.208. The molecule has 3 aromatic rings. The maximum Gasteiger partial charge on any atom is 0.338 e. The van der Waals surface area contributed by atoms with Crippen LogP contribution >= 0.6 is 11.8 Å². The number of nitrogens with one attached hydrogen (secondary N) is 3. The molecule has 0 aliphatic heterocycles. The number of H-pyrrole nitrogens is 1. The number of hydrogen-bond donors (Lipinski definition) is 4. The maximum atomic E-state index is 13.3. The lowest BCUT2D eigenvalue weighted by Crippen LogP contribution is -2.23. The lowest BCUT2D eigenvalue weighted by Gasteiger charge is -2.09. The number of nitrogen functional groups attached to an aromatic ring is 1. The summed E-state index contributed by atoms with van der Waals surface area (Å²) in [4.78, 5) is 54.8. The SMILES string of the molecule is CCOC(=O)c1ccc(NC(=O)CSc2nc(N)c(NC(=O)c3ccc(F)c(F)c3)c(=O)[nH]2)cc1. The topological polar surface area (TPSA) is 156 Å². The van der Waals surface area contributed by atoms with Crippen molar-refractivity contribution in [3.63, 3.8) is 0 Å². The summed E-state index contributed by atoms with van der Waals surface area (Å²) in [6.45, 7) is 1.94. The average molecular weight is 503 g/mol. The number of nitrogens with two attached hydrogens (primary N) is 1. The molecule has 2 amide bonds. The molecule has 13 heteroatoms. The van der Waals surface area contributed by atoms with Crippen LogP contribution in [0.4, 0.5) is 26.0 Å². The number of nitrogens with zero attached hydrogens (tertiary/aromatic N) is 1. The summed E-state index contributed by atoms with van der Waals surface area (Å²) < 4.78 is 31.3.